The molecule has 1 aliphatic rings. The summed E-state index contributed by atoms with van der Waals surface area (Å²) in [7, 11) is 8.91. The second-order valence-electron chi connectivity index (χ2n) is 8.63. The quantitative estimate of drug-likeness (QED) is 0.715. The van der Waals surface area contributed by atoms with Crippen LogP contribution in [0.1, 0.15) is 48.5 Å². The average molecular weight is 402 g/mol. The Bertz CT molecular complexity index is 518. The molecule has 0 aromatic carbocycles. The van der Waals surface area contributed by atoms with E-state index < -0.39 is 17.8 Å². The standard InChI is InChI=1S/C15H24N.2C2H6N.Mo/c1-11(16-15(5,6)7)12-8-9-13(10-12)14(2,3)4;2*1-3-2;/h8-9,16H,1-7H3;2*1-2H3;/q;2*-1;+2. The summed E-state index contributed by atoms with van der Waals surface area (Å²) < 4.78 is 6.51. The van der Waals surface area contributed by atoms with Gasteiger partial charge in [0, 0.05) is 0 Å². The Morgan fingerprint density at radius 2 is 1.39 bits per heavy atom. The second kappa shape index (κ2) is 7.25. The first-order chi connectivity index (χ1) is 10.3. The summed E-state index contributed by atoms with van der Waals surface area (Å²) in [6.07, 6.45) is 4.67. The first-order valence-electron chi connectivity index (χ1n) is 8.27. The van der Waals surface area contributed by atoms with Crippen LogP contribution in [-0.2, 0) is 17.8 Å². The van der Waals surface area contributed by atoms with Crippen LogP contribution in [0.5, 0.6) is 0 Å². The Morgan fingerprint density at radius 1 is 0.913 bits per heavy atom. The van der Waals surface area contributed by atoms with Crippen LogP contribution in [0.25, 0.3) is 0 Å². The van der Waals surface area contributed by atoms with Gasteiger partial charge in [0.15, 0.2) is 0 Å². The molecule has 0 aromatic heterocycles. The van der Waals surface area contributed by atoms with Crippen molar-refractivity contribution in [3.05, 3.63) is 33.0 Å². The van der Waals surface area contributed by atoms with Crippen molar-refractivity contribution < 1.29 is 17.8 Å². The number of nitrogens with one attached hydrogen (secondary N) is 1. The fourth-order valence-corrected chi connectivity index (χ4v) is 8.70. The van der Waals surface area contributed by atoms with E-state index in [4.69, 9.17) is 0 Å². The molecule has 0 saturated carbocycles. The average Bonchev–Trinajstić information content (AvgIpc) is 2.69. The predicted molar refractivity (Wildman–Crippen MR) is 98.6 cm³/mol. The summed E-state index contributed by atoms with van der Waals surface area (Å²) in [5.41, 5.74) is 4.45. The van der Waals surface area contributed by atoms with Gasteiger partial charge in [0.05, 0.1) is 0 Å². The Kier molecular flexibility index (Phi) is 6.52. The van der Waals surface area contributed by atoms with E-state index in [0.717, 1.165) is 0 Å². The van der Waals surface area contributed by atoms with Crippen LogP contribution >= 0.6 is 0 Å². The first-order valence-corrected chi connectivity index (χ1v) is 11.1. The molecule has 0 unspecified atom stereocenters. The molecule has 0 bridgehead atoms. The number of hydrogen-bond donors (Lipinski definition) is 1. The van der Waals surface area contributed by atoms with Crippen LogP contribution in [0.4, 0.5) is 0 Å². The van der Waals surface area contributed by atoms with E-state index in [2.05, 4.69) is 101 Å². The van der Waals surface area contributed by atoms with E-state index in [9.17, 15) is 0 Å². The molecule has 23 heavy (non-hydrogen) atoms. The number of rotatable bonds is 4. The fourth-order valence-electron chi connectivity index (χ4n) is 2.87. The van der Waals surface area contributed by atoms with Gasteiger partial charge in [-0.3, -0.25) is 0 Å². The molecule has 3 nitrogen and oxygen atoms in total. The molecule has 0 heterocycles. The summed E-state index contributed by atoms with van der Waals surface area (Å²) in [5.74, 6) is 0. The van der Waals surface area contributed by atoms with Crippen molar-refractivity contribution in [3.8, 4) is 0 Å². The Labute approximate surface area is 150 Å². The van der Waals surface area contributed by atoms with Crippen molar-refractivity contribution in [1.29, 1.82) is 0 Å². The van der Waals surface area contributed by atoms with Gasteiger partial charge >= 0.3 is 151 Å². The molecular weight excluding hydrogens is 366 g/mol. The van der Waals surface area contributed by atoms with Crippen molar-refractivity contribution in [2.45, 2.75) is 54.0 Å². The summed E-state index contributed by atoms with van der Waals surface area (Å²) in [6, 6.07) is 0. The molecule has 0 aliphatic heterocycles. The van der Waals surface area contributed by atoms with E-state index in [1.807, 2.05) is 0 Å². The van der Waals surface area contributed by atoms with Crippen LogP contribution < -0.4 is 5.32 Å². The zero-order valence-electron chi connectivity index (χ0n) is 17.0. The van der Waals surface area contributed by atoms with Crippen LogP contribution in [0.3, 0.4) is 0 Å². The molecule has 0 fully saturated rings. The minimum atomic E-state index is -1.75. The molecular formula is C19H36MoN3. The van der Waals surface area contributed by atoms with Crippen LogP contribution in [0, 0.1) is 5.41 Å². The van der Waals surface area contributed by atoms with E-state index in [-0.39, 0.29) is 11.0 Å². The molecule has 0 aromatic rings. The first kappa shape index (κ1) is 20.7. The summed E-state index contributed by atoms with van der Waals surface area (Å²) in [6.45, 7) is 15.9. The van der Waals surface area contributed by atoms with Gasteiger partial charge in [0.25, 0.3) is 0 Å². The monoisotopic (exact) mass is 404 g/mol. The predicted octanol–water partition coefficient (Wildman–Crippen LogP) is 4.09. The molecule has 4 heteroatoms. The zero-order valence-corrected chi connectivity index (χ0v) is 19.0. The van der Waals surface area contributed by atoms with Crippen molar-refractivity contribution in [2.75, 3.05) is 28.2 Å². The molecule has 1 aliphatic carbocycles. The third kappa shape index (κ3) is 5.31. The maximum absolute atomic E-state index is 3.68. The molecule has 0 amide bonds. The summed E-state index contributed by atoms with van der Waals surface area (Å²) >= 11 is -1.75. The van der Waals surface area contributed by atoms with E-state index >= 15 is 0 Å². The molecule has 1 N–H and O–H groups in total. The van der Waals surface area contributed by atoms with E-state index in [1.54, 1.807) is 3.96 Å². The van der Waals surface area contributed by atoms with Crippen molar-refractivity contribution in [3.63, 3.8) is 0 Å². The maximum atomic E-state index is 3.68. The van der Waals surface area contributed by atoms with Crippen molar-refractivity contribution in [1.82, 2.24) is 12.2 Å². The third-order valence-corrected chi connectivity index (χ3v) is 8.93. The molecule has 0 spiro atoms. The summed E-state index contributed by atoms with van der Waals surface area (Å²) in [4.78, 5) is 0. The van der Waals surface area contributed by atoms with Gasteiger partial charge in [0.2, 0.25) is 0 Å². The van der Waals surface area contributed by atoms with Gasteiger partial charge in [-0.1, -0.05) is 0 Å². The molecule has 0 atom stereocenters. The van der Waals surface area contributed by atoms with Gasteiger partial charge in [-0.15, -0.1) is 0 Å². The van der Waals surface area contributed by atoms with Gasteiger partial charge in [-0.25, -0.2) is 0 Å². The molecule has 133 valence electrons. The molecule has 0 saturated heterocycles. The fraction of sp³-hybridized carbons (Fsp3) is 0.684. The van der Waals surface area contributed by atoms with Gasteiger partial charge in [-0.2, -0.15) is 0 Å². The van der Waals surface area contributed by atoms with E-state index in [0.29, 0.717) is 0 Å². The van der Waals surface area contributed by atoms with Gasteiger partial charge < -0.3 is 0 Å². The number of nitrogens with zero attached hydrogens (tertiary/aromatic N) is 2. The third-order valence-electron chi connectivity index (χ3n) is 3.55. The Balaban J connectivity index is 3.53. The number of allylic oxidation sites excluding steroid dienone is 6. The van der Waals surface area contributed by atoms with Crippen LogP contribution in [0.15, 0.2) is 33.0 Å². The van der Waals surface area contributed by atoms with Gasteiger partial charge in [0.1, 0.15) is 0 Å². The Morgan fingerprint density at radius 3 is 1.74 bits per heavy atom. The SMILES string of the molecule is CC(NC(C)(C)C)=C1C=CC(C(C)(C)C)=[C]1[Mo]([N](C)C)[N](C)C. The van der Waals surface area contributed by atoms with Gasteiger partial charge in [-0.05, 0) is 0 Å². The normalized spacial score (nSPS) is 18.7. The zero-order chi connectivity index (χ0) is 18.2. The van der Waals surface area contributed by atoms with Crippen LogP contribution in [0.2, 0.25) is 0 Å². The van der Waals surface area contributed by atoms with Crippen molar-refractivity contribution in [2.24, 2.45) is 5.41 Å². The molecule has 1 rings (SSSR count). The molecule has 0 radical (unpaired) electrons. The second-order valence-corrected chi connectivity index (χ2v) is 14.5. The number of hydrogen-bond acceptors (Lipinski definition) is 3. The minimum absolute atomic E-state index is 0.0806. The van der Waals surface area contributed by atoms with Crippen LogP contribution in [-0.4, -0.2) is 40.6 Å². The summed E-state index contributed by atoms with van der Waals surface area (Å²) in [5, 5.41) is 3.68. The van der Waals surface area contributed by atoms with E-state index in [1.165, 1.54) is 16.8 Å². The Hall–Kier alpha value is -0.372. The topological polar surface area (TPSA) is 18.5 Å². The van der Waals surface area contributed by atoms with Crippen molar-refractivity contribution >= 4 is 0 Å².